The molecule has 0 unspecified atom stereocenters. The third-order valence-corrected chi connectivity index (χ3v) is 8.50. The first-order valence-corrected chi connectivity index (χ1v) is 14.4. The summed E-state index contributed by atoms with van der Waals surface area (Å²) in [7, 11) is 0. The maximum absolute atomic E-state index is 15.1. The number of phenols is 1. The van der Waals surface area contributed by atoms with E-state index in [1.807, 2.05) is 4.90 Å². The molecular weight excluding hydrogens is 555 g/mol. The van der Waals surface area contributed by atoms with Gasteiger partial charge in [-0.3, -0.25) is 4.79 Å². The second kappa shape index (κ2) is 10.2. The van der Waals surface area contributed by atoms with E-state index in [0.29, 0.717) is 32.1 Å². The van der Waals surface area contributed by atoms with E-state index in [2.05, 4.69) is 0 Å². The molecule has 1 aliphatic carbocycles. The predicted molar refractivity (Wildman–Crippen MR) is 149 cm³/mol. The van der Waals surface area contributed by atoms with Gasteiger partial charge < -0.3 is 34.0 Å². The molecule has 1 saturated carbocycles. The Bertz CT molecular complexity index is 1370. The van der Waals surface area contributed by atoms with Gasteiger partial charge in [0.05, 0.1) is 23.8 Å². The van der Waals surface area contributed by atoms with Crippen LogP contribution in [0.25, 0.3) is 11.3 Å². The van der Waals surface area contributed by atoms with Gasteiger partial charge in [0.2, 0.25) is 0 Å². The molecule has 4 aliphatic rings. The number of hydrogen-bond donors (Lipinski definition) is 1. The Morgan fingerprint density at radius 1 is 1.22 bits per heavy atom. The largest absolute Gasteiger partial charge is 0.507 e. The number of carbonyl (C=O) groups excluding carboxylic acids is 2. The average Bonchev–Trinajstić information content (AvgIpc) is 3.04. The molecule has 1 spiro atoms. The first kappa shape index (κ1) is 27.8. The Morgan fingerprint density at radius 3 is 2.68 bits per heavy atom. The molecule has 2 aromatic rings. The van der Waals surface area contributed by atoms with E-state index in [9.17, 15) is 14.7 Å². The van der Waals surface area contributed by atoms with Crippen LogP contribution in [0.15, 0.2) is 18.2 Å². The molecule has 4 heterocycles. The van der Waals surface area contributed by atoms with E-state index in [-0.39, 0.29) is 64.5 Å². The molecule has 41 heavy (non-hydrogen) atoms. The Hall–Kier alpha value is -3.31. The zero-order valence-electron chi connectivity index (χ0n) is 23.4. The van der Waals surface area contributed by atoms with Gasteiger partial charge in [0.25, 0.3) is 5.91 Å². The molecule has 1 aromatic heterocycles. The van der Waals surface area contributed by atoms with Gasteiger partial charge in [-0.25, -0.2) is 14.2 Å². The highest BCUT2D eigenvalue weighted by molar-refractivity contribution is 6.35. The molecule has 220 valence electrons. The number of benzene rings is 1. The molecule has 10 nitrogen and oxygen atoms in total. The van der Waals surface area contributed by atoms with Crippen molar-refractivity contribution in [2.24, 2.45) is 0 Å². The fourth-order valence-electron chi connectivity index (χ4n) is 5.98. The maximum Gasteiger partial charge on any atom is 0.410 e. The average molecular weight is 589 g/mol. The molecule has 0 radical (unpaired) electrons. The number of piperazine rings is 1. The highest BCUT2D eigenvalue weighted by Crippen LogP contribution is 2.47. The number of aromatic nitrogens is 1. The highest BCUT2D eigenvalue weighted by Gasteiger charge is 2.46. The molecule has 1 aromatic carbocycles. The Labute approximate surface area is 242 Å². The summed E-state index contributed by atoms with van der Waals surface area (Å²) in [4.78, 5) is 37.1. The van der Waals surface area contributed by atoms with E-state index in [1.165, 1.54) is 18.2 Å². The number of phenolic OH excluding ortho intramolecular Hbond substituents is 1. The van der Waals surface area contributed by atoms with E-state index in [1.54, 1.807) is 30.6 Å². The first-order valence-electron chi connectivity index (χ1n) is 14.0. The number of pyridine rings is 1. The molecule has 12 heteroatoms. The lowest BCUT2D eigenvalue weighted by atomic mass is 9.79. The van der Waals surface area contributed by atoms with Crippen LogP contribution < -0.4 is 9.64 Å². The number of hydrogen-bond acceptors (Lipinski definition) is 8. The SMILES string of the molecule is CC(C)(C)OC(=O)N1CCN2C(=O)c3c(N4CCOC5(CCC5)C4)nc(-c4c(O)cccc4F)c(Cl)c3OC[C@H]2C1. The van der Waals surface area contributed by atoms with Crippen LogP contribution in [0, 0.1) is 5.82 Å². The van der Waals surface area contributed by atoms with Crippen molar-refractivity contribution in [2.45, 2.75) is 57.3 Å². The van der Waals surface area contributed by atoms with Gasteiger partial charge in [0, 0.05) is 32.7 Å². The van der Waals surface area contributed by atoms with Crippen LogP contribution in [-0.4, -0.2) is 95.1 Å². The summed E-state index contributed by atoms with van der Waals surface area (Å²) in [6, 6.07) is 3.50. The van der Waals surface area contributed by atoms with Crippen molar-refractivity contribution < 1.29 is 33.3 Å². The van der Waals surface area contributed by atoms with Crippen molar-refractivity contribution in [3.63, 3.8) is 0 Å². The number of nitrogens with zero attached hydrogens (tertiary/aromatic N) is 4. The van der Waals surface area contributed by atoms with Gasteiger partial charge in [-0.05, 0) is 52.2 Å². The van der Waals surface area contributed by atoms with Crippen LogP contribution in [0.5, 0.6) is 11.5 Å². The van der Waals surface area contributed by atoms with Gasteiger partial charge in [0.1, 0.15) is 45.9 Å². The third-order valence-electron chi connectivity index (χ3n) is 8.15. The van der Waals surface area contributed by atoms with Crippen LogP contribution in [0.1, 0.15) is 50.4 Å². The van der Waals surface area contributed by atoms with Gasteiger partial charge in [-0.15, -0.1) is 0 Å². The van der Waals surface area contributed by atoms with Crippen molar-refractivity contribution in [1.82, 2.24) is 14.8 Å². The van der Waals surface area contributed by atoms with Crippen molar-refractivity contribution in [2.75, 3.05) is 50.8 Å². The number of halogens is 2. The lowest BCUT2D eigenvalue weighted by Crippen LogP contribution is -2.58. The Morgan fingerprint density at radius 2 is 2.00 bits per heavy atom. The van der Waals surface area contributed by atoms with E-state index in [4.69, 9.17) is 30.8 Å². The molecule has 2 amide bonds. The standard InChI is InChI=1S/C29H34ClFN4O6/c1-28(2,3)41-27(38)33-10-11-35-17(14-33)15-39-24-21(26(35)37)25(34-12-13-40-29(16-34)8-5-9-29)32-23(22(24)30)20-18(31)6-4-7-19(20)36/h4,6-7,17,36H,5,8-16H2,1-3H3/t17-/m1/s1. The minimum Gasteiger partial charge on any atom is -0.507 e. The number of amides is 2. The van der Waals surface area contributed by atoms with Crippen LogP contribution in [0.2, 0.25) is 5.02 Å². The van der Waals surface area contributed by atoms with E-state index < -0.39 is 23.6 Å². The number of fused-ring (bicyclic) bond motifs is 2. The number of morpholine rings is 1. The topological polar surface area (TPSA) is 105 Å². The van der Waals surface area contributed by atoms with Crippen LogP contribution in [0.4, 0.5) is 15.0 Å². The smallest absolute Gasteiger partial charge is 0.410 e. The summed E-state index contributed by atoms with van der Waals surface area (Å²) in [6.45, 7) is 7.68. The lowest BCUT2D eigenvalue weighted by Gasteiger charge is -2.49. The summed E-state index contributed by atoms with van der Waals surface area (Å²) in [5, 5.41) is 10.5. The number of anilines is 1. The second-order valence-corrected chi connectivity index (χ2v) is 12.5. The molecule has 3 aliphatic heterocycles. The van der Waals surface area contributed by atoms with Crippen molar-refractivity contribution in [3.8, 4) is 22.8 Å². The van der Waals surface area contributed by atoms with Gasteiger partial charge in [0.15, 0.2) is 5.75 Å². The van der Waals surface area contributed by atoms with Crippen LogP contribution in [-0.2, 0) is 9.47 Å². The number of aromatic hydroxyl groups is 1. The fourth-order valence-corrected chi connectivity index (χ4v) is 6.27. The van der Waals surface area contributed by atoms with Crippen molar-refractivity contribution in [3.05, 3.63) is 34.6 Å². The van der Waals surface area contributed by atoms with E-state index in [0.717, 1.165) is 19.3 Å². The molecule has 6 rings (SSSR count). The summed E-state index contributed by atoms with van der Waals surface area (Å²) >= 11 is 6.83. The van der Waals surface area contributed by atoms with Crippen molar-refractivity contribution in [1.29, 1.82) is 0 Å². The molecule has 0 bridgehead atoms. The quantitative estimate of drug-likeness (QED) is 0.548. The second-order valence-electron chi connectivity index (χ2n) is 12.1. The minimum absolute atomic E-state index is 0.00628. The van der Waals surface area contributed by atoms with E-state index >= 15 is 4.39 Å². The number of carbonyl (C=O) groups is 2. The number of ether oxygens (including phenoxy) is 3. The fraction of sp³-hybridized carbons (Fsp3) is 0.552. The lowest BCUT2D eigenvalue weighted by molar-refractivity contribution is -0.106. The first-order chi connectivity index (χ1) is 19.5. The van der Waals surface area contributed by atoms with Crippen LogP contribution in [0.3, 0.4) is 0 Å². The molecule has 1 atom stereocenters. The van der Waals surface area contributed by atoms with Gasteiger partial charge in [-0.1, -0.05) is 17.7 Å². The molecule has 2 saturated heterocycles. The summed E-state index contributed by atoms with van der Waals surface area (Å²) in [5.41, 5.74) is -0.947. The molecule has 1 N–H and O–H groups in total. The summed E-state index contributed by atoms with van der Waals surface area (Å²) in [6.07, 6.45) is 2.40. The zero-order chi connectivity index (χ0) is 29.1. The minimum atomic E-state index is -0.701. The normalized spacial score (nSPS) is 21.9. The maximum atomic E-state index is 15.1. The van der Waals surface area contributed by atoms with Crippen LogP contribution >= 0.6 is 11.6 Å². The monoisotopic (exact) mass is 588 g/mol. The Kier molecular flexibility index (Phi) is 6.93. The zero-order valence-corrected chi connectivity index (χ0v) is 24.2. The molecule has 3 fully saturated rings. The Balaban J connectivity index is 1.42. The summed E-state index contributed by atoms with van der Waals surface area (Å²) in [5.74, 6) is -0.945. The third kappa shape index (κ3) is 5.03. The highest BCUT2D eigenvalue weighted by atomic mass is 35.5. The summed E-state index contributed by atoms with van der Waals surface area (Å²) < 4.78 is 33.0. The molecular formula is C29H34ClFN4O6. The van der Waals surface area contributed by atoms with Gasteiger partial charge in [-0.2, -0.15) is 0 Å². The van der Waals surface area contributed by atoms with Crippen molar-refractivity contribution >= 4 is 29.4 Å². The predicted octanol–water partition coefficient (Wildman–Crippen LogP) is 4.46. The number of rotatable bonds is 2. The van der Waals surface area contributed by atoms with Gasteiger partial charge >= 0.3 is 6.09 Å².